The molecule has 0 spiro atoms. The largest absolute Gasteiger partial charge is 0.508 e. The van der Waals surface area contributed by atoms with E-state index in [2.05, 4.69) is 4.72 Å². The van der Waals surface area contributed by atoms with Gasteiger partial charge in [0.1, 0.15) is 5.75 Å². The summed E-state index contributed by atoms with van der Waals surface area (Å²) in [6.07, 6.45) is 1.75. The number of rotatable bonds is 4. The molecule has 106 valence electrons. The van der Waals surface area contributed by atoms with Crippen LogP contribution in [0.5, 0.6) is 5.75 Å². The van der Waals surface area contributed by atoms with Gasteiger partial charge in [-0.2, -0.15) is 0 Å². The second kappa shape index (κ2) is 5.90. The van der Waals surface area contributed by atoms with Crippen LogP contribution in [0.15, 0.2) is 29.2 Å². The van der Waals surface area contributed by atoms with Crippen LogP contribution in [-0.2, 0) is 14.8 Å². The first-order chi connectivity index (χ1) is 8.99. The molecule has 0 aromatic heterocycles. The van der Waals surface area contributed by atoms with E-state index in [-0.39, 0.29) is 16.7 Å². The Labute approximate surface area is 113 Å². The van der Waals surface area contributed by atoms with Gasteiger partial charge in [0.05, 0.1) is 4.90 Å². The Balaban J connectivity index is 2.05. The van der Waals surface area contributed by atoms with Crippen molar-refractivity contribution in [1.82, 2.24) is 4.72 Å². The lowest BCUT2D eigenvalue weighted by Crippen LogP contribution is -2.40. The van der Waals surface area contributed by atoms with E-state index in [1.807, 2.05) is 6.92 Å². The van der Waals surface area contributed by atoms with Crippen LogP contribution in [0.25, 0.3) is 0 Å². The van der Waals surface area contributed by atoms with Crippen LogP contribution < -0.4 is 4.72 Å². The Hall–Kier alpha value is -1.11. The maximum Gasteiger partial charge on any atom is 0.240 e. The summed E-state index contributed by atoms with van der Waals surface area (Å²) in [5, 5.41) is 9.18. The first-order valence-electron chi connectivity index (χ1n) is 6.38. The monoisotopic (exact) mass is 285 g/mol. The van der Waals surface area contributed by atoms with Crippen LogP contribution in [0, 0.1) is 5.92 Å². The van der Waals surface area contributed by atoms with E-state index in [4.69, 9.17) is 4.74 Å². The fourth-order valence-electron chi connectivity index (χ4n) is 2.25. The molecule has 0 saturated carbocycles. The van der Waals surface area contributed by atoms with E-state index in [9.17, 15) is 13.5 Å². The summed E-state index contributed by atoms with van der Waals surface area (Å²) in [5.74, 6) is 0.358. The lowest BCUT2D eigenvalue weighted by Gasteiger charge is -2.28. The van der Waals surface area contributed by atoms with Crippen molar-refractivity contribution in [2.45, 2.75) is 30.7 Å². The molecule has 1 heterocycles. The lowest BCUT2D eigenvalue weighted by atomic mass is 9.94. The Morgan fingerprint density at radius 3 is 2.42 bits per heavy atom. The van der Waals surface area contributed by atoms with Gasteiger partial charge in [-0.05, 0) is 49.9 Å². The van der Waals surface area contributed by atoms with Crippen LogP contribution in [-0.4, -0.2) is 32.8 Å². The van der Waals surface area contributed by atoms with Crippen molar-refractivity contribution in [3.05, 3.63) is 24.3 Å². The van der Waals surface area contributed by atoms with Gasteiger partial charge in [-0.1, -0.05) is 0 Å². The van der Waals surface area contributed by atoms with Crippen LogP contribution in [0.1, 0.15) is 19.8 Å². The second-order valence-corrected chi connectivity index (χ2v) is 6.57. The third kappa shape index (κ3) is 3.68. The van der Waals surface area contributed by atoms with Gasteiger partial charge >= 0.3 is 0 Å². The highest BCUT2D eigenvalue weighted by Gasteiger charge is 2.25. The van der Waals surface area contributed by atoms with Crippen molar-refractivity contribution in [3.63, 3.8) is 0 Å². The molecule has 0 aliphatic carbocycles. The zero-order valence-electron chi connectivity index (χ0n) is 10.9. The third-order valence-corrected chi connectivity index (χ3v) is 5.04. The molecule has 0 bridgehead atoms. The highest BCUT2D eigenvalue weighted by Crippen LogP contribution is 2.21. The SMILES string of the molecule is CC(NS(=O)(=O)c1ccc(O)cc1)C1CCOCC1. The summed E-state index contributed by atoms with van der Waals surface area (Å²) < 4.78 is 32.3. The normalized spacial score (nSPS) is 19.2. The zero-order chi connectivity index (χ0) is 13.9. The average Bonchev–Trinajstić information content (AvgIpc) is 2.40. The molecule has 1 aliphatic heterocycles. The minimum Gasteiger partial charge on any atom is -0.508 e. The maximum atomic E-state index is 12.2. The van der Waals surface area contributed by atoms with Gasteiger partial charge in [0, 0.05) is 19.3 Å². The molecular formula is C13H19NO4S. The van der Waals surface area contributed by atoms with Gasteiger partial charge in [0.2, 0.25) is 10.0 Å². The average molecular weight is 285 g/mol. The molecule has 1 aromatic rings. The molecule has 1 unspecified atom stereocenters. The summed E-state index contributed by atoms with van der Waals surface area (Å²) in [6, 6.07) is 5.41. The predicted octanol–water partition coefficient (Wildman–Crippen LogP) is 1.49. The minimum absolute atomic E-state index is 0.0522. The number of ether oxygens (including phenoxy) is 1. The Morgan fingerprint density at radius 1 is 1.26 bits per heavy atom. The summed E-state index contributed by atoms with van der Waals surface area (Å²) in [5.41, 5.74) is 0. The molecule has 2 rings (SSSR count). The zero-order valence-corrected chi connectivity index (χ0v) is 11.7. The molecule has 6 heteroatoms. The molecular weight excluding hydrogens is 266 g/mol. The maximum absolute atomic E-state index is 12.2. The fraction of sp³-hybridized carbons (Fsp3) is 0.538. The van der Waals surface area contributed by atoms with Crippen molar-refractivity contribution >= 4 is 10.0 Å². The van der Waals surface area contributed by atoms with Crippen LogP contribution >= 0.6 is 0 Å². The van der Waals surface area contributed by atoms with Gasteiger partial charge in [-0.25, -0.2) is 13.1 Å². The molecule has 5 nitrogen and oxygen atoms in total. The van der Waals surface area contributed by atoms with E-state index >= 15 is 0 Å². The molecule has 0 amide bonds. The number of hydrogen-bond acceptors (Lipinski definition) is 4. The molecule has 1 fully saturated rings. The quantitative estimate of drug-likeness (QED) is 0.878. The number of sulfonamides is 1. The number of nitrogens with one attached hydrogen (secondary N) is 1. The summed E-state index contributed by atoms with van der Waals surface area (Å²) in [4.78, 5) is 0.171. The number of phenolic OH excluding ortho intramolecular Hbond substituents is 1. The molecule has 1 aromatic carbocycles. The Morgan fingerprint density at radius 2 is 1.84 bits per heavy atom. The van der Waals surface area contributed by atoms with Gasteiger partial charge in [-0.3, -0.25) is 0 Å². The van der Waals surface area contributed by atoms with E-state index in [1.165, 1.54) is 24.3 Å². The second-order valence-electron chi connectivity index (χ2n) is 4.85. The smallest absolute Gasteiger partial charge is 0.240 e. The van der Waals surface area contributed by atoms with Crippen LogP contribution in [0.2, 0.25) is 0 Å². The van der Waals surface area contributed by atoms with Gasteiger partial charge in [-0.15, -0.1) is 0 Å². The van der Waals surface area contributed by atoms with Gasteiger partial charge < -0.3 is 9.84 Å². The van der Waals surface area contributed by atoms with Gasteiger partial charge in [0.15, 0.2) is 0 Å². The van der Waals surface area contributed by atoms with E-state index < -0.39 is 10.0 Å². The first-order valence-corrected chi connectivity index (χ1v) is 7.86. The third-order valence-electron chi connectivity index (χ3n) is 3.46. The molecule has 1 aliphatic rings. The highest BCUT2D eigenvalue weighted by molar-refractivity contribution is 7.89. The molecule has 1 saturated heterocycles. The topological polar surface area (TPSA) is 75.6 Å². The molecule has 2 N–H and O–H groups in total. The van der Waals surface area contributed by atoms with E-state index in [0.29, 0.717) is 19.1 Å². The standard InChI is InChI=1S/C13H19NO4S/c1-10(11-6-8-18-9-7-11)14-19(16,17)13-4-2-12(15)3-5-13/h2-5,10-11,14-15H,6-9H2,1H3. The van der Waals surface area contributed by atoms with Crippen LogP contribution in [0.4, 0.5) is 0 Å². The summed E-state index contributed by atoms with van der Waals surface area (Å²) in [7, 11) is -3.53. The highest BCUT2D eigenvalue weighted by atomic mass is 32.2. The number of phenols is 1. The van der Waals surface area contributed by atoms with Crippen molar-refractivity contribution in [2.75, 3.05) is 13.2 Å². The Bertz CT molecular complexity index is 506. The summed E-state index contributed by atoms with van der Waals surface area (Å²) in [6.45, 7) is 3.26. The lowest BCUT2D eigenvalue weighted by molar-refractivity contribution is 0.0585. The molecule has 0 radical (unpaired) electrons. The minimum atomic E-state index is -3.53. The molecule has 1 atom stereocenters. The van der Waals surface area contributed by atoms with Crippen molar-refractivity contribution < 1.29 is 18.3 Å². The van der Waals surface area contributed by atoms with Crippen molar-refractivity contribution in [1.29, 1.82) is 0 Å². The van der Waals surface area contributed by atoms with Gasteiger partial charge in [0.25, 0.3) is 0 Å². The number of hydrogen-bond donors (Lipinski definition) is 2. The van der Waals surface area contributed by atoms with Crippen molar-refractivity contribution in [3.8, 4) is 5.75 Å². The fourth-order valence-corrected chi connectivity index (χ4v) is 3.56. The van der Waals surface area contributed by atoms with Crippen LogP contribution in [0.3, 0.4) is 0 Å². The van der Waals surface area contributed by atoms with Crippen molar-refractivity contribution in [2.24, 2.45) is 5.92 Å². The number of aromatic hydroxyl groups is 1. The molecule has 19 heavy (non-hydrogen) atoms. The van der Waals surface area contributed by atoms with E-state index in [0.717, 1.165) is 12.8 Å². The first kappa shape index (κ1) is 14.3. The van der Waals surface area contributed by atoms with E-state index in [1.54, 1.807) is 0 Å². The number of benzene rings is 1. The predicted molar refractivity (Wildman–Crippen MR) is 71.4 cm³/mol. The Kier molecular flexibility index (Phi) is 4.44. The summed E-state index contributed by atoms with van der Waals surface area (Å²) >= 11 is 0.